The quantitative estimate of drug-likeness (QED) is 0.712. The first-order valence-corrected chi connectivity index (χ1v) is 4.48. The molecule has 0 unspecified atom stereocenters. The first kappa shape index (κ1) is 9.93. The summed E-state index contributed by atoms with van der Waals surface area (Å²) in [5, 5.41) is 3.37. The monoisotopic (exact) mass is 176 g/mol. The SMILES string of the molecule is C=C(C)CN[C@@H](C)c1ccncc1. The van der Waals surface area contributed by atoms with Crippen LogP contribution in [-0.4, -0.2) is 11.5 Å². The Labute approximate surface area is 79.7 Å². The Kier molecular flexibility index (Phi) is 3.65. The van der Waals surface area contributed by atoms with Gasteiger partial charge in [-0.3, -0.25) is 4.98 Å². The molecule has 0 radical (unpaired) electrons. The van der Waals surface area contributed by atoms with Gasteiger partial charge in [0.05, 0.1) is 0 Å². The largest absolute Gasteiger partial charge is 0.306 e. The molecule has 1 heterocycles. The summed E-state index contributed by atoms with van der Waals surface area (Å²) in [6.45, 7) is 8.87. The molecule has 1 N–H and O–H groups in total. The highest BCUT2D eigenvalue weighted by Gasteiger charge is 2.02. The van der Waals surface area contributed by atoms with Crippen molar-refractivity contribution in [3.63, 3.8) is 0 Å². The van der Waals surface area contributed by atoms with E-state index in [4.69, 9.17) is 0 Å². The van der Waals surface area contributed by atoms with Gasteiger partial charge in [-0.2, -0.15) is 0 Å². The van der Waals surface area contributed by atoms with Crippen molar-refractivity contribution in [3.8, 4) is 0 Å². The molecule has 0 aliphatic carbocycles. The molecule has 1 atom stereocenters. The summed E-state index contributed by atoms with van der Waals surface area (Å²) in [4.78, 5) is 3.98. The normalized spacial score (nSPS) is 12.5. The third kappa shape index (κ3) is 3.38. The number of nitrogens with zero attached hydrogens (tertiary/aromatic N) is 1. The molecular weight excluding hydrogens is 160 g/mol. The summed E-state index contributed by atoms with van der Waals surface area (Å²) in [7, 11) is 0. The van der Waals surface area contributed by atoms with E-state index in [2.05, 4.69) is 23.8 Å². The predicted octanol–water partition coefficient (Wildman–Crippen LogP) is 2.31. The minimum atomic E-state index is 0.361. The molecule has 0 bridgehead atoms. The Hall–Kier alpha value is -1.15. The van der Waals surface area contributed by atoms with Crippen LogP contribution < -0.4 is 5.32 Å². The van der Waals surface area contributed by atoms with Gasteiger partial charge in [0.1, 0.15) is 0 Å². The third-order valence-corrected chi connectivity index (χ3v) is 1.92. The molecule has 70 valence electrons. The first-order chi connectivity index (χ1) is 6.20. The standard InChI is InChI=1S/C11H16N2/c1-9(2)8-13-10(3)11-4-6-12-7-5-11/h4-7,10,13H,1,8H2,2-3H3/t10-/m0/s1. The van der Waals surface area contributed by atoms with Crippen molar-refractivity contribution in [1.82, 2.24) is 10.3 Å². The molecule has 0 spiro atoms. The van der Waals surface area contributed by atoms with Gasteiger partial charge in [-0.25, -0.2) is 0 Å². The zero-order valence-electron chi connectivity index (χ0n) is 8.25. The highest BCUT2D eigenvalue weighted by Crippen LogP contribution is 2.09. The van der Waals surface area contributed by atoms with Crippen LogP contribution >= 0.6 is 0 Å². The van der Waals surface area contributed by atoms with Crippen LogP contribution in [-0.2, 0) is 0 Å². The van der Waals surface area contributed by atoms with Crippen LogP contribution in [0.1, 0.15) is 25.5 Å². The molecule has 0 fully saturated rings. The summed E-state index contributed by atoms with van der Waals surface area (Å²) < 4.78 is 0. The van der Waals surface area contributed by atoms with E-state index in [1.807, 2.05) is 31.5 Å². The number of aromatic nitrogens is 1. The maximum absolute atomic E-state index is 3.98. The highest BCUT2D eigenvalue weighted by molar-refractivity contribution is 5.14. The van der Waals surface area contributed by atoms with Crippen molar-refractivity contribution in [2.45, 2.75) is 19.9 Å². The number of hydrogen-bond acceptors (Lipinski definition) is 2. The van der Waals surface area contributed by atoms with E-state index in [0.29, 0.717) is 6.04 Å². The molecule has 2 heteroatoms. The topological polar surface area (TPSA) is 24.9 Å². The summed E-state index contributed by atoms with van der Waals surface area (Å²) in [6.07, 6.45) is 3.63. The minimum absolute atomic E-state index is 0.361. The van der Waals surface area contributed by atoms with Crippen molar-refractivity contribution >= 4 is 0 Å². The minimum Gasteiger partial charge on any atom is -0.306 e. The second-order valence-corrected chi connectivity index (χ2v) is 3.34. The van der Waals surface area contributed by atoms with E-state index < -0.39 is 0 Å². The molecule has 1 rings (SSSR count). The molecule has 0 aliphatic heterocycles. The molecule has 0 aliphatic rings. The van der Waals surface area contributed by atoms with E-state index in [-0.39, 0.29) is 0 Å². The summed E-state index contributed by atoms with van der Waals surface area (Å²) in [6, 6.07) is 4.41. The molecule has 1 aromatic rings. The second-order valence-electron chi connectivity index (χ2n) is 3.34. The van der Waals surface area contributed by atoms with Crippen LogP contribution in [0, 0.1) is 0 Å². The Bertz CT molecular complexity index is 267. The van der Waals surface area contributed by atoms with Gasteiger partial charge in [0, 0.05) is 25.0 Å². The zero-order chi connectivity index (χ0) is 9.68. The van der Waals surface area contributed by atoms with Crippen LogP contribution in [0.5, 0.6) is 0 Å². The number of nitrogens with one attached hydrogen (secondary N) is 1. The van der Waals surface area contributed by atoms with Crippen LogP contribution in [0.25, 0.3) is 0 Å². The van der Waals surface area contributed by atoms with Crippen LogP contribution in [0.2, 0.25) is 0 Å². The van der Waals surface area contributed by atoms with Crippen molar-refractivity contribution in [2.24, 2.45) is 0 Å². The van der Waals surface area contributed by atoms with Gasteiger partial charge in [0.2, 0.25) is 0 Å². The fraction of sp³-hybridized carbons (Fsp3) is 0.364. The van der Waals surface area contributed by atoms with Crippen LogP contribution in [0.15, 0.2) is 36.7 Å². The second kappa shape index (κ2) is 4.77. The summed E-state index contributed by atoms with van der Waals surface area (Å²) in [5.41, 5.74) is 2.41. The molecule has 0 saturated carbocycles. The molecule has 0 saturated heterocycles. The maximum Gasteiger partial charge on any atom is 0.0295 e. The smallest absolute Gasteiger partial charge is 0.0295 e. The Morgan fingerprint density at radius 1 is 1.54 bits per heavy atom. The van der Waals surface area contributed by atoms with Crippen LogP contribution in [0.4, 0.5) is 0 Å². The molecule has 0 aromatic carbocycles. The van der Waals surface area contributed by atoms with E-state index in [9.17, 15) is 0 Å². The maximum atomic E-state index is 3.98. The van der Waals surface area contributed by atoms with Gasteiger partial charge in [-0.1, -0.05) is 12.2 Å². The predicted molar refractivity (Wildman–Crippen MR) is 55.5 cm³/mol. The Morgan fingerprint density at radius 3 is 2.69 bits per heavy atom. The summed E-state index contributed by atoms with van der Waals surface area (Å²) >= 11 is 0. The van der Waals surface area contributed by atoms with Gasteiger partial charge < -0.3 is 5.32 Å². The van der Waals surface area contributed by atoms with Crippen molar-refractivity contribution in [3.05, 3.63) is 42.2 Å². The van der Waals surface area contributed by atoms with Gasteiger partial charge in [-0.05, 0) is 31.5 Å². The fourth-order valence-electron chi connectivity index (χ4n) is 1.10. The number of rotatable bonds is 4. The third-order valence-electron chi connectivity index (χ3n) is 1.92. The zero-order valence-corrected chi connectivity index (χ0v) is 8.25. The lowest BCUT2D eigenvalue weighted by atomic mass is 10.1. The van der Waals surface area contributed by atoms with Crippen LogP contribution in [0.3, 0.4) is 0 Å². The van der Waals surface area contributed by atoms with Gasteiger partial charge in [0.25, 0.3) is 0 Å². The van der Waals surface area contributed by atoms with Gasteiger partial charge in [0.15, 0.2) is 0 Å². The molecular formula is C11H16N2. The molecule has 2 nitrogen and oxygen atoms in total. The lowest BCUT2D eigenvalue weighted by molar-refractivity contribution is 0.607. The first-order valence-electron chi connectivity index (χ1n) is 4.48. The van der Waals surface area contributed by atoms with E-state index in [0.717, 1.165) is 12.1 Å². The number of pyridine rings is 1. The van der Waals surface area contributed by atoms with Gasteiger partial charge in [-0.15, -0.1) is 0 Å². The molecule has 0 amide bonds. The van der Waals surface area contributed by atoms with Gasteiger partial charge >= 0.3 is 0 Å². The average Bonchev–Trinajstić information content (AvgIpc) is 2.15. The van der Waals surface area contributed by atoms with E-state index >= 15 is 0 Å². The van der Waals surface area contributed by atoms with Crippen molar-refractivity contribution < 1.29 is 0 Å². The highest BCUT2D eigenvalue weighted by atomic mass is 14.9. The van der Waals surface area contributed by atoms with E-state index in [1.54, 1.807) is 0 Å². The molecule has 1 aromatic heterocycles. The average molecular weight is 176 g/mol. The molecule has 13 heavy (non-hydrogen) atoms. The fourth-order valence-corrected chi connectivity index (χ4v) is 1.10. The summed E-state index contributed by atoms with van der Waals surface area (Å²) in [5.74, 6) is 0. The van der Waals surface area contributed by atoms with Crippen molar-refractivity contribution in [2.75, 3.05) is 6.54 Å². The lowest BCUT2D eigenvalue weighted by Crippen LogP contribution is -2.20. The lowest BCUT2D eigenvalue weighted by Gasteiger charge is -2.13. The van der Waals surface area contributed by atoms with E-state index in [1.165, 1.54) is 5.56 Å². The Morgan fingerprint density at radius 2 is 2.15 bits per heavy atom. The Balaban J connectivity index is 2.49. The number of hydrogen-bond donors (Lipinski definition) is 1. The van der Waals surface area contributed by atoms with Crippen molar-refractivity contribution in [1.29, 1.82) is 0 Å².